The molecule has 26 heavy (non-hydrogen) atoms. The summed E-state index contributed by atoms with van der Waals surface area (Å²) in [5, 5.41) is 0.742. The maximum Gasteiger partial charge on any atom is 0.266 e. The van der Waals surface area contributed by atoms with E-state index >= 15 is 0 Å². The van der Waals surface area contributed by atoms with Crippen molar-refractivity contribution in [3.05, 3.63) is 39.8 Å². The molecule has 0 unspecified atom stereocenters. The molecule has 4 nitrogen and oxygen atoms in total. The highest BCUT2D eigenvalue weighted by atomic mass is 32.2. The Labute approximate surface area is 160 Å². The van der Waals surface area contributed by atoms with Crippen LogP contribution < -0.4 is 4.90 Å². The molecule has 1 aromatic carbocycles. The Morgan fingerprint density at radius 2 is 1.96 bits per heavy atom. The van der Waals surface area contributed by atoms with E-state index in [4.69, 9.17) is 0 Å². The minimum Gasteiger partial charge on any atom is -0.363 e. The highest BCUT2D eigenvalue weighted by Crippen LogP contribution is 2.41. The molecule has 0 aliphatic carbocycles. The van der Waals surface area contributed by atoms with E-state index in [0.29, 0.717) is 0 Å². The second-order valence-corrected chi connectivity index (χ2v) is 8.44. The molecule has 0 N–H and O–H groups in total. The zero-order chi connectivity index (χ0) is 19.2. The van der Waals surface area contributed by atoms with Gasteiger partial charge in [-0.3, -0.25) is 14.7 Å². The lowest BCUT2D eigenvalue weighted by Gasteiger charge is -2.43. The molecule has 1 saturated heterocycles. The van der Waals surface area contributed by atoms with Crippen molar-refractivity contribution >= 4 is 40.2 Å². The number of carbonyl (C=O) groups excluding carboxylic acids is 1. The van der Waals surface area contributed by atoms with Gasteiger partial charge in [-0.15, -0.1) is 0 Å². The van der Waals surface area contributed by atoms with Crippen molar-refractivity contribution in [3.8, 4) is 0 Å². The van der Waals surface area contributed by atoms with Gasteiger partial charge in [0, 0.05) is 31.9 Å². The van der Waals surface area contributed by atoms with Crippen LogP contribution in [0.5, 0.6) is 0 Å². The van der Waals surface area contributed by atoms with Gasteiger partial charge in [-0.1, -0.05) is 6.08 Å². The first kappa shape index (κ1) is 18.8. The fourth-order valence-electron chi connectivity index (χ4n) is 3.87. The van der Waals surface area contributed by atoms with Crippen LogP contribution in [0.15, 0.2) is 28.1 Å². The summed E-state index contributed by atoms with van der Waals surface area (Å²) in [7, 11) is 3.49. The van der Waals surface area contributed by atoms with Crippen LogP contribution in [0.3, 0.4) is 0 Å². The van der Waals surface area contributed by atoms with E-state index in [1.54, 1.807) is 19.0 Å². The van der Waals surface area contributed by atoms with Crippen molar-refractivity contribution < 1.29 is 4.79 Å². The molecule has 0 spiro atoms. The van der Waals surface area contributed by atoms with Crippen molar-refractivity contribution in [2.24, 2.45) is 4.99 Å². The number of hydrogen-bond acceptors (Lipinski definition) is 4. The van der Waals surface area contributed by atoms with Gasteiger partial charge in [-0.25, -0.2) is 0 Å². The Balaban J connectivity index is 2.10. The number of fused-ring (bicyclic) bond motifs is 1. The SMILES string of the molecule is CCN1c2cc(C)c(/C=C3/SC(=NC)N(C)C3=O)cc2C(C)=CC1(C)C. The lowest BCUT2D eigenvalue weighted by molar-refractivity contribution is -0.121. The third kappa shape index (κ3) is 2.98. The highest BCUT2D eigenvalue weighted by molar-refractivity contribution is 8.18. The van der Waals surface area contributed by atoms with E-state index in [-0.39, 0.29) is 11.4 Å². The molecule has 2 aliphatic heterocycles. The second kappa shape index (κ2) is 6.62. The summed E-state index contributed by atoms with van der Waals surface area (Å²) in [6.07, 6.45) is 4.33. The van der Waals surface area contributed by atoms with Crippen LogP contribution in [0.4, 0.5) is 5.69 Å². The lowest BCUT2D eigenvalue weighted by Crippen LogP contribution is -2.44. The second-order valence-electron chi connectivity index (χ2n) is 7.43. The van der Waals surface area contributed by atoms with Gasteiger partial charge in [0.1, 0.15) is 0 Å². The number of amides is 1. The summed E-state index contributed by atoms with van der Waals surface area (Å²) in [6.45, 7) is 11.9. The number of rotatable bonds is 2. The summed E-state index contributed by atoms with van der Waals surface area (Å²) in [4.78, 5) is 21.4. The molecule has 2 aliphatic rings. The van der Waals surface area contributed by atoms with Crippen molar-refractivity contribution in [1.82, 2.24) is 4.90 Å². The number of benzene rings is 1. The van der Waals surface area contributed by atoms with E-state index in [0.717, 1.165) is 22.2 Å². The van der Waals surface area contributed by atoms with E-state index in [9.17, 15) is 4.79 Å². The molecule has 1 amide bonds. The third-order valence-corrected chi connectivity index (χ3v) is 6.31. The zero-order valence-electron chi connectivity index (χ0n) is 16.7. The number of aliphatic imine (C=N–C) groups is 1. The third-order valence-electron chi connectivity index (χ3n) is 5.16. The average Bonchev–Trinajstić information content (AvgIpc) is 2.83. The van der Waals surface area contributed by atoms with Crippen LogP contribution in [0, 0.1) is 6.92 Å². The van der Waals surface area contributed by atoms with Gasteiger partial charge in [0.2, 0.25) is 0 Å². The van der Waals surface area contributed by atoms with E-state index in [1.165, 1.54) is 34.1 Å². The predicted octanol–water partition coefficient (Wildman–Crippen LogP) is 4.55. The molecular formula is C21H27N3OS. The Morgan fingerprint density at radius 1 is 1.27 bits per heavy atom. The van der Waals surface area contributed by atoms with Crippen molar-refractivity contribution in [2.45, 2.75) is 40.2 Å². The first-order valence-corrected chi connectivity index (χ1v) is 9.77. The van der Waals surface area contributed by atoms with Gasteiger partial charge in [-0.2, -0.15) is 0 Å². The van der Waals surface area contributed by atoms with Gasteiger partial charge in [-0.05, 0) is 81.3 Å². The van der Waals surface area contributed by atoms with Crippen LogP contribution in [-0.4, -0.2) is 42.2 Å². The molecule has 138 valence electrons. The largest absolute Gasteiger partial charge is 0.363 e. The highest BCUT2D eigenvalue weighted by Gasteiger charge is 2.32. The number of carbonyl (C=O) groups is 1. The summed E-state index contributed by atoms with van der Waals surface area (Å²) in [5.41, 5.74) is 6.08. The summed E-state index contributed by atoms with van der Waals surface area (Å²) < 4.78 is 0. The van der Waals surface area contributed by atoms with Crippen LogP contribution in [0.1, 0.15) is 44.4 Å². The molecule has 5 heteroatoms. The minimum atomic E-state index is 0.00469. The fraction of sp³-hybridized carbons (Fsp3) is 0.429. The quantitative estimate of drug-likeness (QED) is 0.718. The number of nitrogens with zero attached hydrogens (tertiary/aromatic N) is 3. The van der Waals surface area contributed by atoms with Gasteiger partial charge in [0.25, 0.3) is 5.91 Å². The fourth-order valence-corrected chi connectivity index (χ4v) is 4.79. The number of amidine groups is 1. The van der Waals surface area contributed by atoms with Crippen molar-refractivity contribution in [3.63, 3.8) is 0 Å². The normalized spacial score (nSPS) is 22.3. The molecule has 0 saturated carbocycles. The Bertz CT molecular complexity index is 864. The molecule has 3 rings (SSSR count). The zero-order valence-corrected chi connectivity index (χ0v) is 17.5. The number of aryl methyl sites for hydroxylation is 1. The standard InChI is InChI=1S/C21H27N3OS/c1-8-24-17-9-13(2)15(10-16(17)14(3)12-21(24,4)5)11-18-19(25)23(7)20(22-6)26-18/h9-12H,8H2,1-7H3/b18-11+,22-20?. The number of anilines is 1. The van der Waals surface area contributed by atoms with Crippen molar-refractivity contribution in [2.75, 3.05) is 25.5 Å². The van der Waals surface area contributed by atoms with Crippen LogP contribution in [-0.2, 0) is 4.79 Å². The van der Waals surface area contributed by atoms with Gasteiger partial charge in [0.15, 0.2) is 5.17 Å². The molecule has 0 atom stereocenters. The van der Waals surface area contributed by atoms with Gasteiger partial charge >= 0.3 is 0 Å². The molecule has 2 heterocycles. The molecule has 0 bridgehead atoms. The Hall–Kier alpha value is -2.01. The van der Waals surface area contributed by atoms with E-state index in [2.05, 4.69) is 62.7 Å². The molecule has 0 radical (unpaired) electrons. The smallest absolute Gasteiger partial charge is 0.266 e. The number of hydrogen-bond donors (Lipinski definition) is 0. The Kier molecular flexibility index (Phi) is 4.78. The molecular weight excluding hydrogens is 342 g/mol. The topological polar surface area (TPSA) is 35.9 Å². The van der Waals surface area contributed by atoms with Crippen LogP contribution in [0.25, 0.3) is 11.6 Å². The van der Waals surface area contributed by atoms with Crippen molar-refractivity contribution in [1.29, 1.82) is 0 Å². The van der Waals surface area contributed by atoms with Gasteiger partial charge in [0.05, 0.1) is 10.4 Å². The lowest BCUT2D eigenvalue weighted by atomic mass is 9.87. The monoisotopic (exact) mass is 369 g/mol. The number of likely N-dealkylation sites (N-methyl/N-ethyl adjacent to an activating group) is 2. The maximum absolute atomic E-state index is 12.5. The van der Waals surface area contributed by atoms with E-state index in [1.807, 2.05) is 6.08 Å². The van der Waals surface area contributed by atoms with Crippen LogP contribution >= 0.6 is 11.8 Å². The number of allylic oxidation sites excluding steroid dienone is 1. The van der Waals surface area contributed by atoms with Crippen LogP contribution in [0.2, 0.25) is 0 Å². The van der Waals surface area contributed by atoms with Gasteiger partial charge < -0.3 is 4.90 Å². The molecule has 1 fully saturated rings. The summed E-state index contributed by atoms with van der Waals surface area (Å²) in [5.74, 6) is 0.0105. The first-order chi connectivity index (χ1) is 12.2. The minimum absolute atomic E-state index is 0.00469. The molecule has 0 aromatic heterocycles. The Morgan fingerprint density at radius 3 is 2.54 bits per heavy atom. The van der Waals surface area contributed by atoms with E-state index < -0.39 is 0 Å². The first-order valence-electron chi connectivity index (χ1n) is 8.96. The maximum atomic E-state index is 12.5. The summed E-state index contributed by atoms with van der Waals surface area (Å²) >= 11 is 1.44. The number of thioether (sulfide) groups is 1. The summed E-state index contributed by atoms with van der Waals surface area (Å²) in [6, 6.07) is 4.47. The molecule has 1 aromatic rings. The average molecular weight is 370 g/mol. The predicted molar refractivity (Wildman–Crippen MR) is 114 cm³/mol.